The fraction of sp³-hybridized carbons (Fsp3) is 0.855. The Kier molecular flexibility index (Phi) is 15.6. The Bertz CT molecular complexity index is 2540. The average molecular weight is 1140 g/mol. The molecular weight excluding hydrogens is 1060 g/mol. The van der Waals surface area contributed by atoms with Crippen LogP contribution in [0.2, 0.25) is 0 Å². The van der Waals surface area contributed by atoms with Crippen LogP contribution in [0.5, 0.6) is 0 Å². The standard InChI is InChI=1S/C55H82O21S2/c1-10-12-28(2)13-16-51(5,57)50-29(3)19-39-38(71-50)25-46-55(9,74-39)49(56)48-42(70-46)23-41-47(72-48)30(4)27-54(8)44(69-41)26-43-53(7,76-54)17-14-31-32(68-43)20-34-33(65-31)21-35-36(66-34)22-40-37(67-35)24-45(75-78(61,62)63)52(6,73-40)15-11-18-64-77(58,59)60/h10,13,16,30-50,56-57H,1-3,11-12,14-15,17-27H2,4-9H3,(H,58,59,60)(H,61,62,63)/b16-13+/t30-,31-,32+,33+,34-,35-,36+,37+,38+,39-,40-,41-,42+,43-,44+,45-,46-,47+,48+,49+,50+,51-,52+,53+,54-,55-/m0/s1. The second-order valence-electron chi connectivity index (χ2n) is 25.5. The number of aliphatic hydroxyl groups excluding tert-OH is 1. The van der Waals surface area contributed by atoms with Crippen LogP contribution in [0.1, 0.15) is 131 Å². The molecule has 0 saturated carbocycles. The van der Waals surface area contributed by atoms with Gasteiger partial charge in [-0.15, -0.1) is 6.58 Å². The van der Waals surface area contributed by atoms with Gasteiger partial charge in [-0.1, -0.05) is 43.9 Å². The number of allylic oxidation sites excluding steroid dienone is 3. The highest BCUT2D eigenvalue weighted by Crippen LogP contribution is 2.55. The van der Waals surface area contributed by atoms with Crippen molar-refractivity contribution in [2.24, 2.45) is 5.92 Å². The van der Waals surface area contributed by atoms with Gasteiger partial charge in [0.15, 0.2) is 0 Å². The number of hydrogen-bond donors (Lipinski definition) is 4. The zero-order valence-electron chi connectivity index (χ0n) is 45.6. The van der Waals surface area contributed by atoms with E-state index in [1.165, 1.54) is 0 Å². The Labute approximate surface area is 458 Å². The molecule has 0 aromatic heterocycles. The second-order valence-corrected chi connectivity index (χ2v) is 27.7. The summed E-state index contributed by atoms with van der Waals surface area (Å²) in [6, 6.07) is 0. The van der Waals surface area contributed by atoms with Gasteiger partial charge in [-0.2, -0.15) is 16.8 Å². The predicted octanol–water partition coefficient (Wildman–Crippen LogP) is 5.06. The monoisotopic (exact) mass is 1140 g/mol. The highest BCUT2D eigenvalue weighted by molar-refractivity contribution is 7.81. The van der Waals surface area contributed by atoms with Gasteiger partial charge in [0.05, 0.1) is 121 Å². The SMILES string of the molecule is C=CCC(=C)/C=C/[C@](C)(O)[C@@H]1O[C@@H]2C[C@@H]3O[C@@H]4C[C@@H]5O[C@@H]6C[C@@H]7O[C@@H]8C[C@@H]9O[C@@H]%10C[C@@H]%11O[C@](C)(CCCOS(=O)(=O)O)[C@@H](OS(=O)(=O)O)C[C@H]%11O[C@H]%10C[C@H]9O[C@H]8CC[C@@]7(C)O[C@@]6(C)C[C@H](C)[C@H]5O[C@H]4[C@@H](O)[C@@]3(C)O[C@H]2CC1=C. The molecule has 11 fully saturated rings. The van der Waals surface area contributed by atoms with Gasteiger partial charge >= 0.3 is 20.8 Å². The number of ether oxygens (including phenoxy) is 11. The molecule has 440 valence electrons. The molecule has 11 heterocycles. The van der Waals surface area contributed by atoms with Crippen molar-refractivity contribution >= 4 is 20.8 Å². The van der Waals surface area contributed by atoms with E-state index in [0.717, 1.165) is 5.57 Å². The van der Waals surface area contributed by atoms with E-state index in [2.05, 4.69) is 44.7 Å². The van der Waals surface area contributed by atoms with E-state index in [0.29, 0.717) is 76.2 Å². The minimum atomic E-state index is -4.90. The van der Waals surface area contributed by atoms with Crippen molar-refractivity contribution < 1.29 is 96.6 Å². The highest BCUT2D eigenvalue weighted by Gasteiger charge is 2.66. The summed E-state index contributed by atoms with van der Waals surface area (Å²) in [7, 11) is -9.59. The molecule has 11 aliphatic heterocycles. The van der Waals surface area contributed by atoms with Crippen LogP contribution >= 0.6 is 0 Å². The zero-order chi connectivity index (χ0) is 55.7. The largest absolute Gasteiger partial charge is 0.397 e. The summed E-state index contributed by atoms with van der Waals surface area (Å²) in [5, 5.41) is 23.9. The van der Waals surface area contributed by atoms with E-state index in [1.54, 1.807) is 32.1 Å². The Morgan fingerprint density at radius 2 is 1.31 bits per heavy atom. The van der Waals surface area contributed by atoms with E-state index in [1.807, 2.05) is 6.92 Å². The molecule has 11 aliphatic rings. The van der Waals surface area contributed by atoms with Crippen LogP contribution < -0.4 is 0 Å². The summed E-state index contributed by atoms with van der Waals surface area (Å²) in [4.78, 5) is 0. The first kappa shape index (κ1) is 58.0. The maximum Gasteiger partial charge on any atom is 0.397 e. The molecule has 0 amide bonds. The number of hydrogen-bond acceptors (Lipinski definition) is 19. The molecule has 0 aromatic carbocycles. The van der Waals surface area contributed by atoms with Crippen LogP contribution in [-0.4, -0.2) is 193 Å². The molecule has 0 aliphatic carbocycles. The third-order valence-electron chi connectivity index (χ3n) is 19.5. The van der Waals surface area contributed by atoms with E-state index < -0.39 is 116 Å². The topological polar surface area (TPSA) is 269 Å². The van der Waals surface area contributed by atoms with Gasteiger partial charge in [0.2, 0.25) is 0 Å². The van der Waals surface area contributed by atoms with E-state index in [-0.39, 0.29) is 86.7 Å². The normalized spacial score (nSPS) is 50.8. The van der Waals surface area contributed by atoms with E-state index >= 15 is 0 Å². The van der Waals surface area contributed by atoms with Crippen molar-refractivity contribution in [3.63, 3.8) is 0 Å². The number of rotatable bonds is 12. The van der Waals surface area contributed by atoms with Crippen molar-refractivity contribution in [2.45, 2.75) is 282 Å². The third-order valence-corrected chi connectivity index (χ3v) is 20.4. The first-order valence-corrected chi connectivity index (χ1v) is 30.9. The summed E-state index contributed by atoms with van der Waals surface area (Å²) in [6.07, 6.45) is 1.67. The van der Waals surface area contributed by atoms with Crippen LogP contribution in [0.25, 0.3) is 0 Å². The van der Waals surface area contributed by atoms with Gasteiger partial charge in [-0.3, -0.25) is 9.11 Å². The van der Waals surface area contributed by atoms with Crippen molar-refractivity contribution in [3.05, 3.63) is 49.1 Å². The van der Waals surface area contributed by atoms with Crippen molar-refractivity contribution in [3.8, 4) is 0 Å². The van der Waals surface area contributed by atoms with Gasteiger partial charge < -0.3 is 62.3 Å². The lowest BCUT2D eigenvalue weighted by atomic mass is 9.74. The lowest BCUT2D eigenvalue weighted by molar-refractivity contribution is -0.361. The fourth-order valence-corrected chi connectivity index (χ4v) is 16.5. The number of fused-ring (bicyclic) bond motifs is 10. The Morgan fingerprint density at radius 1 is 0.718 bits per heavy atom. The summed E-state index contributed by atoms with van der Waals surface area (Å²) >= 11 is 0. The lowest BCUT2D eigenvalue weighted by Gasteiger charge is -2.59. The maximum absolute atomic E-state index is 12.3. The van der Waals surface area contributed by atoms with Gasteiger partial charge in [-0.25, -0.2) is 8.37 Å². The molecular formula is C55H82O21S2. The lowest BCUT2D eigenvalue weighted by Crippen LogP contribution is -2.73. The van der Waals surface area contributed by atoms with Crippen LogP contribution in [0.3, 0.4) is 0 Å². The molecule has 0 radical (unpaired) electrons. The molecule has 11 saturated heterocycles. The third kappa shape index (κ3) is 11.2. The molecule has 26 atom stereocenters. The van der Waals surface area contributed by atoms with Crippen molar-refractivity contribution in [2.75, 3.05) is 6.61 Å². The second kappa shape index (κ2) is 21.1. The smallest absolute Gasteiger partial charge is 0.387 e. The quantitative estimate of drug-likeness (QED) is 0.0861. The molecule has 23 heteroatoms. The maximum atomic E-state index is 12.3. The van der Waals surface area contributed by atoms with Crippen molar-refractivity contribution in [1.29, 1.82) is 0 Å². The van der Waals surface area contributed by atoms with Crippen LogP contribution in [0.15, 0.2) is 49.1 Å². The molecule has 0 spiro atoms. The van der Waals surface area contributed by atoms with Crippen molar-refractivity contribution in [1.82, 2.24) is 0 Å². The van der Waals surface area contributed by atoms with Gasteiger partial charge in [-0.05, 0) is 91.1 Å². The minimum Gasteiger partial charge on any atom is -0.387 e. The number of aliphatic hydroxyl groups is 2. The highest BCUT2D eigenvalue weighted by atomic mass is 32.3. The summed E-state index contributed by atoms with van der Waals surface area (Å²) in [5.74, 6) is -0.0105. The van der Waals surface area contributed by atoms with Crippen LogP contribution in [0.4, 0.5) is 0 Å². The Morgan fingerprint density at radius 3 is 1.99 bits per heavy atom. The zero-order valence-corrected chi connectivity index (χ0v) is 47.3. The fourth-order valence-electron chi connectivity index (χ4n) is 15.6. The van der Waals surface area contributed by atoms with E-state index in [9.17, 15) is 31.6 Å². The Hall–Kier alpha value is -1.82. The summed E-state index contributed by atoms with van der Waals surface area (Å²) in [6.45, 7) is 23.4. The average Bonchev–Trinajstić information content (AvgIpc) is 3.69. The summed E-state index contributed by atoms with van der Waals surface area (Å²) in [5.41, 5.74) is -3.61. The minimum absolute atomic E-state index is 0.0105. The summed E-state index contributed by atoms with van der Waals surface area (Å²) < 4.78 is 151. The van der Waals surface area contributed by atoms with Gasteiger partial charge in [0.1, 0.15) is 35.6 Å². The molecule has 11 rings (SSSR count). The molecule has 21 nitrogen and oxygen atoms in total. The molecule has 0 unspecified atom stereocenters. The molecule has 78 heavy (non-hydrogen) atoms. The van der Waals surface area contributed by atoms with Crippen LogP contribution in [0, 0.1) is 5.92 Å². The molecule has 0 bridgehead atoms. The first-order chi connectivity index (χ1) is 36.5. The predicted molar refractivity (Wildman–Crippen MR) is 276 cm³/mol. The molecule has 0 aromatic rings. The van der Waals surface area contributed by atoms with Crippen LogP contribution in [-0.2, 0) is 81.3 Å². The van der Waals surface area contributed by atoms with Gasteiger partial charge in [0.25, 0.3) is 0 Å². The van der Waals surface area contributed by atoms with E-state index in [4.69, 9.17) is 60.8 Å². The first-order valence-electron chi connectivity index (χ1n) is 28.2. The van der Waals surface area contributed by atoms with Gasteiger partial charge in [0, 0.05) is 44.9 Å². The Balaban J connectivity index is 0.739. The molecule has 4 N–H and O–H groups in total.